The van der Waals surface area contributed by atoms with E-state index in [1.807, 2.05) is 6.92 Å². The third kappa shape index (κ3) is 4.56. The van der Waals surface area contributed by atoms with Crippen molar-refractivity contribution in [2.75, 3.05) is 6.54 Å². The number of nitrogens with two attached hydrogens (primary N) is 1. The topological polar surface area (TPSA) is 43.1 Å². The lowest BCUT2D eigenvalue weighted by molar-refractivity contribution is -0.119. The van der Waals surface area contributed by atoms with Crippen LogP contribution in [0.4, 0.5) is 4.39 Å². The van der Waals surface area contributed by atoms with Gasteiger partial charge in [0.25, 0.3) is 0 Å². The molecular weight excluding hydrogens is 285 g/mol. The molecule has 0 aromatic heterocycles. The summed E-state index contributed by atoms with van der Waals surface area (Å²) in [5.74, 6) is -0.0839. The Morgan fingerprint density at radius 1 is 1.53 bits per heavy atom. The summed E-state index contributed by atoms with van der Waals surface area (Å²) in [6, 6.07) is 4.64. The van der Waals surface area contributed by atoms with Crippen LogP contribution in [0.15, 0.2) is 22.7 Å². The first-order chi connectivity index (χ1) is 8.06. The highest BCUT2D eigenvalue weighted by molar-refractivity contribution is 9.10. The molecule has 0 aliphatic rings. The molecule has 0 aliphatic carbocycles. The van der Waals surface area contributed by atoms with Gasteiger partial charge in [-0.15, -0.1) is 0 Å². The van der Waals surface area contributed by atoms with Crippen molar-refractivity contribution >= 4 is 21.7 Å². The second-order valence-corrected chi connectivity index (χ2v) is 5.08. The van der Waals surface area contributed by atoms with Gasteiger partial charge in [0, 0.05) is 17.3 Å². The fourth-order valence-electron chi connectivity index (χ4n) is 1.68. The molecule has 1 aromatic rings. The Morgan fingerprint density at radius 2 is 2.24 bits per heavy atom. The van der Waals surface area contributed by atoms with E-state index in [1.54, 1.807) is 12.1 Å². The van der Waals surface area contributed by atoms with Crippen molar-refractivity contribution in [1.82, 2.24) is 0 Å². The predicted octanol–water partition coefficient (Wildman–Crippen LogP) is 3.07. The average molecular weight is 302 g/mol. The summed E-state index contributed by atoms with van der Waals surface area (Å²) in [5.41, 5.74) is 5.99. The molecule has 0 aliphatic heterocycles. The SMILES string of the molecule is CCC(CN)CC(=O)Cc1cc(Br)ccc1F. The lowest BCUT2D eigenvalue weighted by Gasteiger charge is -2.11. The second-order valence-electron chi connectivity index (χ2n) is 4.17. The molecule has 0 saturated carbocycles. The predicted molar refractivity (Wildman–Crippen MR) is 70.3 cm³/mol. The number of hydrogen-bond acceptors (Lipinski definition) is 2. The molecule has 2 N–H and O–H groups in total. The van der Waals surface area contributed by atoms with Crippen molar-refractivity contribution < 1.29 is 9.18 Å². The maximum atomic E-state index is 13.4. The summed E-state index contributed by atoms with van der Waals surface area (Å²) >= 11 is 3.27. The molecule has 1 rings (SSSR count). The summed E-state index contributed by atoms with van der Waals surface area (Å²) in [6.45, 7) is 2.51. The van der Waals surface area contributed by atoms with Gasteiger partial charge in [-0.25, -0.2) is 4.39 Å². The van der Waals surface area contributed by atoms with Gasteiger partial charge in [0.2, 0.25) is 0 Å². The number of ketones is 1. The van der Waals surface area contributed by atoms with Gasteiger partial charge in [-0.3, -0.25) is 4.79 Å². The number of halogens is 2. The van der Waals surface area contributed by atoms with E-state index in [2.05, 4.69) is 15.9 Å². The molecule has 2 nitrogen and oxygen atoms in total. The molecule has 1 atom stereocenters. The zero-order valence-electron chi connectivity index (χ0n) is 9.88. The van der Waals surface area contributed by atoms with Gasteiger partial charge in [-0.1, -0.05) is 29.3 Å². The summed E-state index contributed by atoms with van der Waals surface area (Å²) in [6.07, 6.45) is 1.45. The van der Waals surface area contributed by atoms with Gasteiger partial charge < -0.3 is 5.73 Å². The van der Waals surface area contributed by atoms with Crippen LogP contribution < -0.4 is 5.73 Å². The Morgan fingerprint density at radius 3 is 2.82 bits per heavy atom. The largest absolute Gasteiger partial charge is 0.330 e. The lowest BCUT2D eigenvalue weighted by atomic mass is 9.96. The van der Waals surface area contributed by atoms with Crippen LogP contribution in [0.25, 0.3) is 0 Å². The maximum Gasteiger partial charge on any atom is 0.137 e. The molecule has 0 radical (unpaired) electrons. The first-order valence-corrected chi connectivity index (χ1v) is 6.51. The van der Waals surface area contributed by atoms with Crippen molar-refractivity contribution in [3.63, 3.8) is 0 Å². The average Bonchev–Trinajstić information content (AvgIpc) is 2.31. The van der Waals surface area contributed by atoms with E-state index in [4.69, 9.17) is 5.73 Å². The van der Waals surface area contributed by atoms with Gasteiger partial charge in [0.15, 0.2) is 0 Å². The molecule has 0 spiro atoms. The Hall–Kier alpha value is -0.740. The smallest absolute Gasteiger partial charge is 0.137 e. The molecule has 0 amide bonds. The molecule has 94 valence electrons. The van der Waals surface area contributed by atoms with Crippen molar-refractivity contribution in [3.8, 4) is 0 Å². The molecule has 0 heterocycles. The van der Waals surface area contributed by atoms with E-state index in [0.717, 1.165) is 10.9 Å². The zero-order valence-corrected chi connectivity index (χ0v) is 11.5. The van der Waals surface area contributed by atoms with Crippen LogP contribution >= 0.6 is 15.9 Å². The summed E-state index contributed by atoms with van der Waals surface area (Å²) in [4.78, 5) is 11.8. The van der Waals surface area contributed by atoms with Crippen LogP contribution in [0.2, 0.25) is 0 Å². The monoisotopic (exact) mass is 301 g/mol. The molecule has 1 unspecified atom stereocenters. The molecule has 4 heteroatoms. The van der Waals surface area contributed by atoms with Crippen molar-refractivity contribution in [3.05, 3.63) is 34.1 Å². The fourth-order valence-corrected chi connectivity index (χ4v) is 2.09. The zero-order chi connectivity index (χ0) is 12.8. The van der Waals surface area contributed by atoms with Gasteiger partial charge in [-0.2, -0.15) is 0 Å². The first-order valence-electron chi connectivity index (χ1n) is 5.72. The Kier molecular flexibility index (Phi) is 5.78. The lowest BCUT2D eigenvalue weighted by Crippen LogP contribution is -2.18. The van der Waals surface area contributed by atoms with E-state index in [-0.39, 0.29) is 23.9 Å². The molecule has 1 aromatic carbocycles. The van der Waals surface area contributed by atoms with Gasteiger partial charge in [0.05, 0.1) is 0 Å². The molecule has 0 saturated heterocycles. The molecule has 17 heavy (non-hydrogen) atoms. The summed E-state index contributed by atoms with van der Waals surface area (Å²) < 4.78 is 14.2. The maximum absolute atomic E-state index is 13.4. The van der Waals surface area contributed by atoms with Gasteiger partial charge in [-0.05, 0) is 36.2 Å². The fraction of sp³-hybridized carbons (Fsp3) is 0.462. The summed E-state index contributed by atoms with van der Waals surface area (Å²) in [5, 5.41) is 0. The van der Waals surface area contributed by atoms with E-state index in [0.29, 0.717) is 18.5 Å². The number of carbonyl (C=O) groups is 1. The van der Waals surface area contributed by atoms with Gasteiger partial charge >= 0.3 is 0 Å². The minimum Gasteiger partial charge on any atom is -0.330 e. The highest BCUT2D eigenvalue weighted by atomic mass is 79.9. The first kappa shape index (κ1) is 14.3. The number of Topliss-reactive ketones (excluding diaryl/α,β-unsaturated/α-hetero) is 1. The summed E-state index contributed by atoms with van der Waals surface area (Å²) in [7, 11) is 0. The van der Waals surface area contributed by atoms with Crippen molar-refractivity contribution in [1.29, 1.82) is 0 Å². The third-order valence-electron chi connectivity index (χ3n) is 2.82. The van der Waals surface area contributed by atoms with Crippen LogP contribution in [0.5, 0.6) is 0 Å². The van der Waals surface area contributed by atoms with Crippen LogP contribution in [-0.4, -0.2) is 12.3 Å². The van der Waals surface area contributed by atoms with Crippen LogP contribution in [-0.2, 0) is 11.2 Å². The molecule has 0 bridgehead atoms. The normalized spacial score (nSPS) is 12.5. The van der Waals surface area contributed by atoms with E-state index in [9.17, 15) is 9.18 Å². The minimum absolute atomic E-state index is 0.0410. The Balaban J connectivity index is 2.64. The number of hydrogen-bond donors (Lipinski definition) is 1. The van der Waals surface area contributed by atoms with Crippen LogP contribution in [0.3, 0.4) is 0 Å². The van der Waals surface area contributed by atoms with Crippen molar-refractivity contribution in [2.45, 2.75) is 26.2 Å². The highest BCUT2D eigenvalue weighted by Gasteiger charge is 2.13. The quantitative estimate of drug-likeness (QED) is 0.877. The van der Waals surface area contributed by atoms with Crippen LogP contribution in [0, 0.1) is 11.7 Å². The van der Waals surface area contributed by atoms with E-state index in [1.165, 1.54) is 6.07 Å². The van der Waals surface area contributed by atoms with E-state index >= 15 is 0 Å². The Bertz CT molecular complexity index is 391. The number of rotatable bonds is 6. The standard InChI is InChI=1S/C13H17BrFNO/c1-2-9(8-16)5-12(17)7-10-6-11(14)3-4-13(10)15/h3-4,6,9H,2,5,7-8,16H2,1H3. The number of benzene rings is 1. The molecular formula is C13H17BrFNO. The highest BCUT2D eigenvalue weighted by Crippen LogP contribution is 2.17. The van der Waals surface area contributed by atoms with Crippen molar-refractivity contribution in [2.24, 2.45) is 11.7 Å². The van der Waals surface area contributed by atoms with E-state index < -0.39 is 0 Å². The number of carbonyl (C=O) groups excluding carboxylic acids is 1. The second kappa shape index (κ2) is 6.87. The third-order valence-corrected chi connectivity index (χ3v) is 3.32. The molecule has 0 fully saturated rings. The minimum atomic E-state index is -0.331. The van der Waals surface area contributed by atoms with Crippen LogP contribution in [0.1, 0.15) is 25.3 Å². The van der Waals surface area contributed by atoms with Gasteiger partial charge in [0.1, 0.15) is 11.6 Å². The Labute approximate surface area is 110 Å².